The van der Waals surface area contributed by atoms with E-state index in [-0.39, 0.29) is 5.82 Å². The van der Waals surface area contributed by atoms with E-state index in [4.69, 9.17) is 0 Å². The first-order valence-corrected chi connectivity index (χ1v) is 11.1. The van der Waals surface area contributed by atoms with Gasteiger partial charge in [0, 0.05) is 0 Å². The van der Waals surface area contributed by atoms with Gasteiger partial charge in [0.2, 0.25) is 0 Å². The van der Waals surface area contributed by atoms with Crippen molar-refractivity contribution in [2.75, 3.05) is 0 Å². The first kappa shape index (κ1) is 20.3. The molecular weight excluding hydrogens is 367 g/mol. The Hall–Kier alpha value is -2.93. The number of hydrogen-bond donors (Lipinski definition) is 0. The Labute approximate surface area is 179 Å². The molecule has 1 heteroatoms. The van der Waals surface area contributed by atoms with Gasteiger partial charge in [0.15, 0.2) is 0 Å². The fourth-order valence-electron chi connectivity index (χ4n) is 4.27. The molecule has 4 rings (SSSR count). The maximum Gasteiger partial charge on any atom is 0.123 e. The largest absolute Gasteiger partial charge is 0.207 e. The van der Waals surface area contributed by atoms with E-state index in [9.17, 15) is 4.39 Å². The number of hydrogen-bond acceptors (Lipinski definition) is 0. The van der Waals surface area contributed by atoms with Gasteiger partial charge in [-0.3, -0.25) is 0 Å². The number of fused-ring (bicyclic) bond motifs is 1. The smallest absolute Gasteiger partial charge is 0.123 e. The van der Waals surface area contributed by atoms with Crippen LogP contribution in [0.25, 0.3) is 21.9 Å². The van der Waals surface area contributed by atoms with Gasteiger partial charge in [0.05, 0.1) is 0 Å². The van der Waals surface area contributed by atoms with Gasteiger partial charge in [0.1, 0.15) is 5.82 Å². The molecule has 0 aliphatic carbocycles. The Morgan fingerprint density at radius 1 is 0.700 bits per heavy atom. The van der Waals surface area contributed by atoms with E-state index in [1.165, 1.54) is 59.7 Å². The molecule has 0 aliphatic heterocycles. The van der Waals surface area contributed by atoms with Crippen LogP contribution in [0.4, 0.5) is 4.39 Å². The molecule has 0 spiro atoms. The summed E-state index contributed by atoms with van der Waals surface area (Å²) in [6.07, 6.45) is 6.05. The van der Waals surface area contributed by atoms with Gasteiger partial charge in [-0.1, -0.05) is 105 Å². The van der Waals surface area contributed by atoms with Crippen LogP contribution >= 0.6 is 0 Å². The van der Waals surface area contributed by atoms with Gasteiger partial charge in [-0.05, 0) is 63.9 Å². The molecule has 4 aromatic carbocycles. The Balaban J connectivity index is 1.56. The highest BCUT2D eigenvalue weighted by atomic mass is 19.1. The fraction of sp³-hybridized carbons (Fsp3) is 0.241. The Kier molecular flexibility index (Phi) is 6.59. The summed E-state index contributed by atoms with van der Waals surface area (Å²) in [4.78, 5) is 0. The standard InChI is InChI=1S/C29H29F/c1-2-3-4-8-28(21-22-10-11-23-7-5-6-9-27(23)20-22)26-14-12-24(13-15-26)25-16-18-29(30)19-17-25/h5-7,9-20,28H,2-4,8,21H2,1H3. The Bertz CT molecular complexity index is 1080. The fourth-order valence-corrected chi connectivity index (χ4v) is 4.27. The van der Waals surface area contributed by atoms with Crippen molar-refractivity contribution in [3.05, 3.63) is 108 Å². The SMILES string of the molecule is CCCCCC(Cc1ccc2ccccc2c1)c1ccc(-c2ccc(F)cc2)cc1. The maximum atomic E-state index is 13.2. The molecule has 152 valence electrons. The molecule has 1 unspecified atom stereocenters. The molecule has 0 aromatic heterocycles. The predicted molar refractivity (Wildman–Crippen MR) is 126 cm³/mol. The van der Waals surface area contributed by atoms with E-state index in [0.717, 1.165) is 17.5 Å². The molecule has 0 amide bonds. The Morgan fingerprint density at radius 3 is 2.07 bits per heavy atom. The minimum Gasteiger partial charge on any atom is -0.207 e. The van der Waals surface area contributed by atoms with E-state index in [1.54, 1.807) is 0 Å². The summed E-state index contributed by atoms with van der Waals surface area (Å²) in [6, 6.07) is 31.1. The quantitative estimate of drug-likeness (QED) is 0.262. The monoisotopic (exact) mass is 396 g/mol. The van der Waals surface area contributed by atoms with Crippen molar-refractivity contribution in [2.45, 2.75) is 44.9 Å². The lowest BCUT2D eigenvalue weighted by Crippen LogP contribution is -2.04. The van der Waals surface area contributed by atoms with Crippen LogP contribution < -0.4 is 0 Å². The van der Waals surface area contributed by atoms with Gasteiger partial charge in [-0.2, -0.15) is 0 Å². The molecule has 0 radical (unpaired) electrons. The molecule has 0 aliphatic rings. The Morgan fingerprint density at radius 2 is 1.37 bits per heavy atom. The van der Waals surface area contributed by atoms with Gasteiger partial charge in [0.25, 0.3) is 0 Å². The lowest BCUT2D eigenvalue weighted by Gasteiger charge is -2.19. The molecule has 1 atom stereocenters. The van der Waals surface area contributed by atoms with E-state index in [2.05, 4.69) is 73.7 Å². The topological polar surface area (TPSA) is 0 Å². The molecular formula is C29H29F. The first-order valence-electron chi connectivity index (χ1n) is 11.1. The van der Waals surface area contributed by atoms with Crippen molar-refractivity contribution in [3.8, 4) is 11.1 Å². The average Bonchev–Trinajstić information content (AvgIpc) is 2.79. The number of rotatable bonds is 8. The molecule has 0 saturated heterocycles. The predicted octanol–water partition coefficient (Wildman–Crippen LogP) is 8.55. The van der Waals surface area contributed by atoms with Crippen molar-refractivity contribution in [1.82, 2.24) is 0 Å². The van der Waals surface area contributed by atoms with E-state index in [1.807, 2.05) is 12.1 Å². The third-order valence-corrected chi connectivity index (χ3v) is 6.01. The molecule has 0 fully saturated rings. The van der Waals surface area contributed by atoms with Crippen molar-refractivity contribution in [3.63, 3.8) is 0 Å². The van der Waals surface area contributed by atoms with Crippen LogP contribution in [0.15, 0.2) is 91.0 Å². The summed E-state index contributed by atoms with van der Waals surface area (Å²) < 4.78 is 13.2. The van der Waals surface area contributed by atoms with Gasteiger partial charge in [-0.25, -0.2) is 4.39 Å². The van der Waals surface area contributed by atoms with Crippen molar-refractivity contribution >= 4 is 10.8 Å². The van der Waals surface area contributed by atoms with E-state index in [0.29, 0.717) is 5.92 Å². The summed E-state index contributed by atoms with van der Waals surface area (Å²) >= 11 is 0. The van der Waals surface area contributed by atoms with Crippen molar-refractivity contribution in [1.29, 1.82) is 0 Å². The maximum absolute atomic E-state index is 13.2. The molecule has 0 saturated carbocycles. The zero-order chi connectivity index (χ0) is 20.8. The zero-order valence-electron chi connectivity index (χ0n) is 17.7. The zero-order valence-corrected chi connectivity index (χ0v) is 17.7. The lowest BCUT2D eigenvalue weighted by atomic mass is 9.86. The molecule has 0 bridgehead atoms. The van der Waals surface area contributed by atoms with Crippen molar-refractivity contribution in [2.24, 2.45) is 0 Å². The van der Waals surface area contributed by atoms with Crippen LogP contribution in [0.2, 0.25) is 0 Å². The highest BCUT2D eigenvalue weighted by Gasteiger charge is 2.13. The molecule has 4 aromatic rings. The van der Waals surface area contributed by atoms with Gasteiger partial charge in [-0.15, -0.1) is 0 Å². The van der Waals surface area contributed by atoms with E-state index >= 15 is 0 Å². The normalized spacial score (nSPS) is 12.2. The van der Waals surface area contributed by atoms with Crippen LogP contribution in [-0.2, 0) is 6.42 Å². The second-order valence-electron chi connectivity index (χ2n) is 8.21. The highest BCUT2D eigenvalue weighted by molar-refractivity contribution is 5.83. The summed E-state index contributed by atoms with van der Waals surface area (Å²) in [5.41, 5.74) is 4.99. The van der Waals surface area contributed by atoms with E-state index < -0.39 is 0 Å². The average molecular weight is 397 g/mol. The summed E-state index contributed by atoms with van der Waals surface area (Å²) in [5, 5.41) is 2.61. The second-order valence-corrected chi connectivity index (χ2v) is 8.21. The molecule has 0 N–H and O–H groups in total. The third kappa shape index (κ3) is 4.97. The molecule has 0 nitrogen and oxygen atoms in total. The molecule has 30 heavy (non-hydrogen) atoms. The number of halogens is 1. The summed E-state index contributed by atoms with van der Waals surface area (Å²) in [5.74, 6) is 0.321. The highest BCUT2D eigenvalue weighted by Crippen LogP contribution is 2.30. The van der Waals surface area contributed by atoms with Gasteiger partial charge < -0.3 is 0 Å². The van der Waals surface area contributed by atoms with Crippen LogP contribution in [0, 0.1) is 5.82 Å². The van der Waals surface area contributed by atoms with Crippen molar-refractivity contribution < 1.29 is 4.39 Å². The second kappa shape index (κ2) is 9.71. The van der Waals surface area contributed by atoms with Crippen LogP contribution in [0.1, 0.15) is 49.7 Å². The number of unbranched alkanes of at least 4 members (excludes halogenated alkanes) is 2. The van der Waals surface area contributed by atoms with Crippen LogP contribution in [0.3, 0.4) is 0 Å². The van der Waals surface area contributed by atoms with Crippen LogP contribution in [-0.4, -0.2) is 0 Å². The number of benzene rings is 4. The minimum absolute atomic E-state index is 0.193. The summed E-state index contributed by atoms with van der Waals surface area (Å²) in [6.45, 7) is 2.26. The lowest BCUT2D eigenvalue weighted by molar-refractivity contribution is 0.563. The first-order chi connectivity index (χ1) is 14.7. The van der Waals surface area contributed by atoms with Gasteiger partial charge >= 0.3 is 0 Å². The summed E-state index contributed by atoms with van der Waals surface area (Å²) in [7, 11) is 0. The third-order valence-electron chi connectivity index (χ3n) is 6.01. The van der Waals surface area contributed by atoms with Crippen LogP contribution in [0.5, 0.6) is 0 Å². The molecule has 0 heterocycles. The minimum atomic E-state index is -0.193.